The van der Waals surface area contributed by atoms with Crippen molar-refractivity contribution in [2.75, 3.05) is 46.3 Å². The molecule has 1 heterocycles. The lowest BCUT2D eigenvalue weighted by atomic mass is 10.1. The van der Waals surface area contributed by atoms with Crippen molar-refractivity contribution in [3.8, 4) is 0 Å². The second-order valence-corrected chi connectivity index (χ2v) is 4.60. The summed E-state index contributed by atoms with van der Waals surface area (Å²) in [4.78, 5) is 16.0. The zero-order chi connectivity index (χ0) is 12.7. The van der Waals surface area contributed by atoms with Crippen LogP contribution in [0, 0.1) is 0 Å². The van der Waals surface area contributed by atoms with Crippen LogP contribution in [0.3, 0.4) is 0 Å². The zero-order valence-electron chi connectivity index (χ0n) is 11.1. The predicted octanol–water partition coefficient (Wildman–Crippen LogP) is -0.523. The summed E-state index contributed by atoms with van der Waals surface area (Å²) in [6.07, 6.45) is 1.72. The third kappa shape index (κ3) is 4.61. The monoisotopic (exact) mass is 242 g/mol. The fourth-order valence-corrected chi connectivity index (χ4v) is 2.31. The minimum absolute atomic E-state index is 0.126. The highest BCUT2D eigenvalue weighted by Crippen LogP contribution is 2.08. The smallest absolute Gasteiger partial charge is 0.221 e. The number of rotatable bonds is 6. The van der Waals surface area contributed by atoms with Crippen LogP contribution in [0.1, 0.15) is 19.8 Å². The molecule has 1 atom stereocenters. The number of hydrogen-bond donors (Lipinski definition) is 2. The Bertz CT molecular complexity index is 223. The Morgan fingerprint density at radius 3 is 2.47 bits per heavy atom. The van der Waals surface area contributed by atoms with Crippen molar-refractivity contribution < 1.29 is 4.79 Å². The van der Waals surface area contributed by atoms with Gasteiger partial charge >= 0.3 is 0 Å². The molecule has 17 heavy (non-hydrogen) atoms. The molecule has 1 unspecified atom stereocenters. The highest BCUT2D eigenvalue weighted by molar-refractivity contribution is 5.75. The lowest BCUT2D eigenvalue weighted by Gasteiger charge is -2.38. The van der Waals surface area contributed by atoms with Gasteiger partial charge in [-0.25, -0.2) is 0 Å². The van der Waals surface area contributed by atoms with Crippen LogP contribution >= 0.6 is 0 Å². The van der Waals surface area contributed by atoms with E-state index in [1.807, 2.05) is 0 Å². The van der Waals surface area contributed by atoms with Gasteiger partial charge in [0.2, 0.25) is 5.91 Å². The fraction of sp³-hybridized carbons (Fsp3) is 0.917. The number of nitrogens with zero attached hydrogens (tertiary/aromatic N) is 2. The minimum atomic E-state index is 0.126. The molecule has 1 aliphatic heterocycles. The minimum Gasteiger partial charge on any atom is -0.359 e. The molecule has 0 aromatic carbocycles. The van der Waals surface area contributed by atoms with E-state index in [9.17, 15) is 4.79 Å². The third-order valence-electron chi connectivity index (χ3n) is 3.60. The van der Waals surface area contributed by atoms with Gasteiger partial charge in [0.1, 0.15) is 0 Å². The van der Waals surface area contributed by atoms with Crippen LogP contribution in [0.4, 0.5) is 0 Å². The van der Waals surface area contributed by atoms with E-state index in [2.05, 4.69) is 22.0 Å². The predicted molar refractivity (Wildman–Crippen MR) is 69.8 cm³/mol. The van der Waals surface area contributed by atoms with E-state index < -0.39 is 0 Å². The van der Waals surface area contributed by atoms with Gasteiger partial charge in [0.25, 0.3) is 0 Å². The Labute approximate surface area is 104 Å². The van der Waals surface area contributed by atoms with E-state index in [1.165, 1.54) is 0 Å². The van der Waals surface area contributed by atoms with Crippen LogP contribution in [0.15, 0.2) is 0 Å². The zero-order valence-corrected chi connectivity index (χ0v) is 11.1. The van der Waals surface area contributed by atoms with Gasteiger partial charge in [0.15, 0.2) is 0 Å². The van der Waals surface area contributed by atoms with E-state index in [0.29, 0.717) is 12.5 Å². The van der Waals surface area contributed by atoms with Crippen molar-refractivity contribution in [3.05, 3.63) is 0 Å². The molecule has 0 radical (unpaired) electrons. The second kappa shape index (κ2) is 7.63. The Morgan fingerprint density at radius 2 is 2.00 bits per heavy atom. The molecule has 100 valence electrons. The lowest BCUT2D eigenvalue weighted by molar-refractivity contribution is -0.121. The van der Waals surface area contributed by atoms with Crippen molar-refractivity contribution >= 4 is 5.91 Å². The molecule has 1 fully saturated rings. The van der Waals surface area contributed by atoms with Gasteiger partial charge in [-0.05, 0) is 6.42 Å². The number of piperazine rings is 1. The fourth-order valence-electron chi connectivity index (χ4n) is 2.31. The van der Waals surface area contributed by atoms with E-state index in [0.717, 1.165) is 45.7 Å². The first-order valence-electron chi connectivity index (χ1n) is 6.58. The summed E-state index contributed by atoms with van der Waals surface area (Å²) >= 11 is 0. The average molecular weight is 242 g/mol. The maximum atomic E-state index is 11.2. The molecule has 0 aromatic heterocycles. The summed E-state index contributed by atoms with van der Waals surface area (Å²) in [5.41, 5.74) is 5.76. The first kappa shape index (κ1) is 14.4. The van der Waals surface area contributed by atoms with Gasteiger partial charge in [-0.2, -0.15) is 0 Å². The number of nitrogens with one attached hydrogen (secondary N) is 1. The Hall–Kier alpha value is -0.650. The first-order chi connectivity index (χ1) is 8.21. The molecule has 0 aliphatic carbocycles. The normalized spacial score (nSPS) is 20.2. The standard InChI is InChI=1S/C12H26N4O/c1-3-11(10-13)16-8-6-15(7-9-16)5-4-12(17)14-2/h11H,3-10,13H2,1-2H3,(H,14,17). The summed E-state index contributed by atoms with van der Waals surface area (Å²) < 4.78 is 0. The van der Waals surface area contributed by atoms with Crippen molar-refractivity contribution in [2.45, 2.75) is 25.8 Å². The topological polar surface area (TPSA) is 61.6 Å². The Morgan fingerprint density at radius 1 is 1.35 bits per heavy atom. The van der Waals surface area contributed by atoms with E-state index >= 15 is 0 Å². The van der Waals surface area contributed by atoms with Gasteiger partial charge in [-0.15, -0.1) is 0 Å². The summed E-state index contributed by atoms with van der Waals surface area (Å²) in [6, 6.07) is 0.524. The van der Waals surface area contributed by atoms with Gasteiger partial charge in [-0.3, -0.25) is 9.69 Å². The largest absolute Gasteiger partial charge is 0.359 e. The van der Waals surface area contributed by atoms with E-state index in [1.54, 1.807) is 7.05 Å². The van der Waals surface area contributed by atoms with E-state index in [-0.39, 0.29) is 5.91 Å². The molecular formula is C12H26N4O. The van der Waals surface area contributed by atoms with Crippen molar-refractivity contribution in [3.63, 3.8) is 0 Å². The molecule has 0 spiro atoms. The number of hydrogen-bond acceptors (Lipinski definition) is 4. The SMILES string of the molecule is CCC(CN)N1CCN(CCC(=O)NC)CC1. The third-order valence-corrected chi connectivity index (χ3v) is 3.60. The Kier molecular flexibility index (Phi) is 6.47. The van der Waals surface area contributed by atoms with Crippen molar-refractivity contribution in [1.29, 1.82) is 0 Å². The molecule has 5 nitrogen and oxygen atoms in total. The molecule has 3 N–H and O–H groups in total. The van der Waals surface area contributed by atoms with Crippen LogP contribution in [0.5, 0.6) is 0 Å². The summed E-state index contributed by atoms with van der Waals surface area (Å²) in [7, 11) is 1.69. The van der Waals surface area contributed by atoms with Crippen molar-refractivity contribution in [2.24, 2.45) is 5.73 Å². The molecule has 5 heteroatoms. The molecule has 1 rings (SSSR count). The van der Waals surface area contributed by atoms with Crippen LogP contribution in [0.25, 0.3) is 0 Å². The Balaban J connectivity index is 2.23. The molecule has 1 aliphatic rings. The van der Waals surface area contributed by atoms with Gasteiger partial charge < -0.3 is 16.0 Å². The van der Waals surface area contributed by atoms with Gasteiger partial charge in [-0.1, -0.05) is 6.92 Å². The van der Waals surface area contributed by atoms with Gasteiger partial charge in [0.05, 0.1) is 0 Å². The van der Waals surface area contributed by atoms with Gasteiger partial charge in [0, 0.05) is 58.8 Å². The molecular weight excluding hydrogens is 216 g/mol. The van der Waals surface area contributed by atoms with Crippen LogP contribution in [-0.2, 0) is 4.79 Å². The maximum absolute atomic E-state index is 11.2. The number of nitrogens with two attached hydrogens (primary N) is 1. The van der Waals surface area contributed by atoms with Crippen molar-refractivity contribution in [1.82, 2.24) is 15.1 Å². The quantitative estimate of drug-likeness (QED) is 0.658. The van der Waals surface area contributed by atoms with Crippen LogP contribution in [0.2, 0.25) is 0 Å². The average Bonchev–Trinajstić information content (AvgIpc) is 2.38. The highest BCUT2D eigenvalue weighted by Gasteiger charge is 2.21. The molecule has 1 amide bonds. The summed E-state index contributed by atoms with van der Waals surface area (Å²) in [5.74, 6) is 0.126. The molecule has 1 saturated heterocycles. The second-order valence-electron chi connectivity index (χ2n) is 4.60. The first-order valence-corrected chi connectivity index (χ1v) is 6.58. The maximum Gasteiger partial charge on any atom is 0.221 e. The summed E-state index contributed by atoms with van der Waals surface area (Å²) in [6.45, 7) is 8.05. The summed E-state index contributed by atoms with van der Waals surface area (Å²) in [5, 5.41) is 2.66. The molecule has 0 bridgehead atoms. The highest BCUT2D eigenvalue weighted by atomic mass is 16.1. The van der Waals surface area contributed by atoms with Crippen LogP contribution < -0.4 is 11.1 Å². The number of amides is 1. The number of carbonyl (C=O) groups excluding carboxylic acids is 1. The lowest BCUT2D eigenvalue weighted by Crippen LogP contribution is -2.52. The van der Waals surface area contributed by atoms with E-state index in [4.69, 9.17) is 5.73 Å². The van der Waals surface area contributed by atoms with Crippen LogP contribution in [-0.4, -0.2) is 68.1 Å². The molecule has 0 saturated carbocycles. The number of carbonyl (C=O) groups is 1. The molecule has 0 aromatic rings.